The molecule has 10 nitrogen and oxygen atoms in total. The first kappa shape index (κ1) is 26.5. The smallest absolute Gasteiger partial charge is 0.417 e. The number of ether oxygens (including phenoxy) is 1. The van der Waals surface area contributed by atoms with E-state index in [2.05, 4.69) is 9.98 Å². The highest BCUT2D eigenvalue weighted by Gasteiger charge is 2.63. The monoisotopic (exact) mass is 562 g/mol. The van der Waals surface area contributed by atoms with Crippen LogP contribution in [0.4, 0.5) is 19.0 Å². The molecule has 1 aromatic carbocycles. The summed E-state index contributed by atoms with van der Waals surface area (Å²) in [5, 5.41) is 0.935. The van der Waals surface area contributed by atoms with Gasteiger partial charge in [0.05, 0.1) is 29.0 Å². The van der Waals surface area contributed by atoms with Gasteiger partial charge < -0.3 is 4.74 Å². The number of imide groups is 1. The van der Waals surface area contributed by atoms with E-state index in [0.29, 0.717) is 17.3 Å². The number of rotatable bonds is 5. The molecule has 0 radical (unpaired) electrons. The van der Waals surface area contributed by atoms with E-state index in [4.69, 9.17) is 16.3 Å². The van der Waals surface area contributed by atoms with E-state index < -0.39 is 69.9 Å². The average Bonchev–Trinajstić information content (AvgIpc) is 3.47. The SMILES string of the molecule is CCOC(=O)C1N=C(C2C(=O)c3ccccc3C2=O)C2C(=O)N(N(C)c3ncc(C(F)(F)F)cc3Cl)C(=O)C12. The van der Waals surface area contributed by atoms with Crippen LogP contribution in [-0.2, 0) is 25.3 Å². The van der Waals surface area contributed by atoms with Crippen molar-refractivity contribution in [2.45, 2.75) is 19.1 Å². The number of aliphatic imine (C=N–C) groups is 1. The summed E-state index contributed by atoms with van der Waals surface area (Å²) in [7, 11) is 1.18. The minimum atomic E-state index is -4.74. The van der Waals surface area contributed by atoms with Crippen LogP contribution in [0.2, 0.25) is 5.02 Å². The molecule has 3 aliphatic rings. The molecule has 3 unspecified atom stereocenters. The molecule has 3 heterocycles. The van der Waals surface area contributed by atoms with Crippen molar-refractivity contribution in [1.29, 1.82) is 0 Å². The fourth-order valence-corrected chi connectivity index (χ4v) is 5.42. The summed E-state index contributed by atoms with van der Waals surface area (Å²) in [4.78, 5) is 74.4. The number of anilines is 1. The molecule has 1 saturated heterocycles. The van der Waals surface area contributed by atoms with Gasteiger partial charge in [-0.3, -0.25) is 29.2 Å². The van der Waals surface area contributed by atoms with Crippen LogP contribution in [0.5, 0.6) is 0 Å². The van der Waals surface area contributed by atoms with Crippen molar-refractivity contribution >= 4 is 52.5 Å². The molecule has 202 valence electrons. The van der Waals surface area contributed by atoms with E-state index in [9.17, 15) is 37.1 Å². The van der Waals surface area contributed by atoms with Gasteiger partial charge in [-0.2, -0.15) is 18.2 Å². The standard InChI is InChI=1S/C25H18ClF3N4O6/c1-3-39-24(38)18-15-14(17(31-18)16-19(34)11-6-4-5-7-12(11)20(16)35)22(36)33(23(15)37)32(2)21-13(26)8-10(9-30-21)25(27,28)29/h4-9,14-16,18H,3H2,1-2H3. The van der Waals surface area contributed by atoms with Gasteiger partial charge in [-0.25, -0.2) is 9.78 Å². The van der Waals surface area contributed by atoms with Crippen molar-refractivity contribution in [2.75, 3.05) is 18.7 Å². The lowest BCUT2D eigenvalue weighted by Gasteiger charge is -2.29. The summed E-state index contributed by atoms with van der Waals surface area (Å²) in [6.07, 6.45) is -4.24. The van der Waals surface area contributed by atoms with Crippen molar-refractivity contribution in [2.24, 2.45) is 22.7 Å². The molecule has 14 heteroatoms. The lowest BCUT2D eigenvalue weighted by Crippen LogP contribution is -2.47. The number of carbonyl (C=O) groups is 5. The number of hydrogen-bond donors (Lipinski definition) is 0. The minimum Gasteiger partial charge on any atom is -0.464 e. The highest BCUT2D eigenvalue weighted by molar-refractivity contribution is 6.40. The van der Waals surface area contributed by atoms with Crippen LogP contribution in [0.1, 0.15) is 33.2 Å². The van der Waals surface area contributed by atoms with Gasteiger partial charge in [0.25, 0.3) is 11.8 Å². The molecule has 3 atom stereocenters. The number of hydrogen-bond acceptors (Lipinski definition) is 9. The van der Waals surface area contributed by atoms with Gasteiger partial charge in [-0.15, -0.1) is 0 Å². The van der Waals surface area contributed by atoms with Crippen molar-refractivity contribution in [1.82, 2.24) is 9.99 Å². The average molecular weight is 563 g/mol. The number of halogens is 4. The van der Waals surface area contributed by atoms with Crippen LogP contribution in [0.3, 0.4) is 0 Å². The van der Waals surface area contributed by atoms with Crippen LogP contribution in [0, 0.1) is 17.8 Å². The number of hydrazine groups is 1. The van der Waals surface area contributed by atoms with Crippen LogP contribution >= 0.6 is 11.6 Å². The fourth-order valence-electron chi connectivity index (χ4n) is 5.13. The molecule has 2 amide bonds. The summed E-state index contributed by atoms with van der Waals surface area (Å²) < 4.78 is 44.3. The van der Waals surface area contributed by atoms with Crippen molar-refractivity contribution < 1.29 is 41.9 Å². The Morgan fingerprint density at radius 3 is 2.26 bits per heavy atom. The summed E-state index contributed by atoms with van der Waals surface area (Å²) in [5.74, 6) is -8.89. The van der Waals surface area contributed by atoms with Crippen LogP contribution in [0.25, 0.3) is 0 Å². The predicted octanol–water partition coefficient (Wildman–Crippen LogP) is 2.79. The molecule has 0 N–H and O–H groups in total. The summed E-state index contributed by atoms with van der Waals surface area (Å²) in [6, 6.07) is 5.09. The summed E-state index contributed by atoms with van der Waals surface area (Å²) in [6.45, 7) is 1.46. The number of nitrogens with zero attached hydrogens (tertiary/aromatic N) is 4. The zero-order chi connectivity index (χ0) is 28.4. The number of esters is 1. The Kier molecular flexibility index (Phi) is 6.29. The molecular weight excluding hydrogens is 545 g/mol. The van der Waals surface area contributed by atoms with E-state index in [1.807, 2.05) is 0 Å². The third-order valence-electron chi connectivity index (χ3n) is 6.84. The molecule has 5 rings (SSSR count). The number of benzene rings is 1. The normalized spacial score (nSPS) is 22.8. The molecule has 1 aromatic heterocycles. The molecule has 0 spiro atoms. The lowest BCUT2D eigenvalue weighted by molar-refractivity contribution is -0.149. The highest BCUT2D eigenvalue weighted by atomic mass is 35.5. The number of ketones is 2. The van der Waals surface area contributed by atoms with E-state index in [1.54, 1.807) is 12.1 Å². The number of carbonyl (C=O) groups excluding carboxylic acids is 5. The number of fused-ring (bicyclic) bond motifs is 2. The number of pyridine rings is 1. The Bertz CT molecular complexity index is 1460. The molecule has 0 saturated carbocycles. The van der Waals surface area contributed by atoms with Crippen molar-refractivity contribution in [3.8, 4) is 0 Å². The summed E-state index contributed by atoms with van der Waals surface area (Å²) in [5.41, 5.74) is -1.14. The maximum Gasteiger partial charge on any atom is 0.417 e. The Labute approximate surface area is 223 Å². The Balaban J connectivity index is 1.55. The second-order valence-electron chi connectivity index (χ2n) is 9.00. The molecule has 2 aliphatic heterocycles. The zero-order valence-electron chi connectivity index (χ0n) is 20.2. The van der Waals surface area contributed by atoms with Crippen molar-refractivity contribution in [3.63, 3.8) is 0 Å². The molecular formula is C25H18ClF3N4O6. The second kappa shape index (κ2) is 9.26. The minimum absolute atomic E-state index is 0.0683. The van der Waals surface area contributed by atoms with E-state index in [0.717, 1.165) is 5.01 Å². The third-order valence-corrected chi connectivity index (χ3v) is 7.11. The Hall–Kier alpha value is -4.13. The quantitative estimate of drug-likeness (QED) is 0.309. The van der Waals surface area contributed by atoms with E-state index in [1.165, 1.54) is 26.1 Å². The molecule has 39 heavy (non-hydrogen) atoms. The largest absolute Gasteiger partial charge is 0.464 e. The lowest BCUT2D eigenvalue weighted by atomic mass is 9.82. The fraction of sp³-hybridized carbons (Fsp3) is 0.320. The van der Waals surface area contributed by atoms with E-state index >= 15 is 0 Å². The first-order valence-electron chi connectivity index (χ1n) is 11.6. The highest BCUT2D eigenvalue weighted by Crippen LogP contribution is 2.44. The third kappa shape index (κ3) is 3.99. The van der Waals surface area contributed by atoms with Gasteiger partial charge in [0.15, 0.2) is 23.4 Å². The molecule has 1 fully saturated rings. The Morgan fingerprint density at radius 2 is 1.72 bits per heavy atom. The molecule has 1 aliphatic carbocycles. The predicted molar refractivity (Wildman–Crippen MR) is 128 cm³/mol. The maximum absolute atomic E-state index is 13.7. The first-order chi connectivity index (χ1) is 18.4. The van der Waals surface area contributed by atoms with Gasteiger partial charge in [0, 0.05) is 30.1 Å². The zero-order valence-corrected chi connectivity index (χ0v) is 21.0. The number of amides is 2. The summed E-state index contributed by atoms with van der Waals surface area (Å²) >= 11 is 6.03. The topological polar surface area (TPSA) is 126 Å². The molecule has 0 bridgehead atoms. The van der Waals surface area contributed by atoms with E-state index in [-0.39, 0.29) is 29.3 Å². The number of Topliss-reactive ketones (excluding diaryl/α,β-unsaturated/α-hetero) is 2. The van der Waals surface area contributed by atoms with Gasteiger partial charge in [-0.1, -0.05) is 35.9 Å². The second-order valence-corrected chi connectivity index (χ2v) is 9.41. The molecule has 2 aromatic rings. The maximum atomic E-state index is 13.7. The van der Waals surface area contributed by atoms with Gasteiger partial charge >= 0.3 is 12.1 Å². The van der Waals surface area contributed by atoms with Crippen LogP contribution < -0.4 is 5.01 Å². The number of alkyl halides is 3. The van der Waals surface area contributed by atoms with Crippen LogP contribution in [0.15, 0.2) is 41.5 Å². The first-order valence-corrected chi connectivity index (χ1v) is 12.0. The van der Waals surface area contributed by atoms with Gasteiger partial charge in [0.1, 0.15) is 5.92 Å². The van der Waals surface area contributed by atoms with Crippen LogP contribution in [-0.4, -0.2) is 64.8 Å². The Morgan fingerprint density at radius 1 is 1.10 bits per heavy atom. The number of aromatic nitrogens is 1. The van der Waals surface area contributed by atoms with Gasteiger partial charge in [0.2, 0.25) is 0 Å². The van der Waals surface area contributed by atoms with Crippen molar-refractivity contribution in [3.05, 3.63) is 58.2 Å². The van der Waals surface area contributed by atoms with Gasteiger partial charge in [-0.05, 0) is 13.0 Å².